The summed E-state index contributed by atoms with van der Waals surface area (Å²) in [6.45, 7) is 2.91. The Kier molecular flexibility index (Phi) is 6.62. The minimum atomic E-state index is 0.216. The van der Waals surface area contributed by atoms with Crippen LogP contribution in [0.4, 0.5) is 0 Å². The van der Waals surface area contributed by atoms with Gasteiger partial charge in [-0.2, -0.15) is 5.10 Å². The van der Waals surface area contributed by atoms with Crippen molar-refractivity contribution in [2.75, 3.05) is 6.54 Å². The van der Waals surface area contributed by atoms with Crippen molar-refractivity contribution in [2.45, 2.75) is 58.3 Å². The zero-order valence-corrected chi connectivity index (χ0v) is 15.8. The van der Waals surface area contributed by atoms with Gasteiger partial charge in [-0.25, -0.2) is 9.67 Å². The molecule has 2 aromatic heterocycles. The van der Waals surface area contributed by atoms with Crippen LogP contribution in [-0.4, -0.2) is 27.2 Å². The number of carbonyl (C=O) groups excluding carboxylic acids is 1. The fraction of sp³-hybridized carbons (Fsp3) is 0.632. The van der Waals surface area contributed by atoms with Crippen molar-refractivity contribution in [3.63, 3.8) is 0 Å². The van der Waals surface area contributed by atoms with E-state index in [2.05, 4.69) is 22.3 Å². The van der Waals surface area contributed by atoms with Crippen molar-refractivity contribution in [3.05, 3.63) is 29.5 Å². The second-order valence-corrected chi connectivity index (χ2v) is 7.81. The van der Waals surface area contributed by atoms with Crippen LogP contribution >= 0.6 is 11.3 Å². The number of nitrogens with one attached hydrogen (secondary N) is 1. The monoisotopic (exact) mass is 360 g/mol. The molecule has 1 aliphatic carbocycles. The summed E-state index contributed by atoms with van der Waals surface area (Å²) in [5.74, 6) is 1.30. The molecule has 0 atom stereocenters. The molecule has 1 aliphatic rings. The van der Waals surface area contributed by atoms with Crippen LogP contribution in [0.5, 0.6) is 0 Å². The predicted octanol–water partition coefficient (Wildman–Crippen LogP) is 3.98. The summed E-state index contributed by atoms with van der Waals surface area (Å²) in [4.78, 5) is 16.9. The van der Waals surface area contributed by atoms with Crippen molar-refractivity contribution < 1.29 is 4.79 Å². The van der Waals surface area contributed by atoms with Gasteiger partial charge in [0.15, 0.2) is 0 Å². The van der Waals surface area contributed by atoms with E-state index >= 15 is 0 Å². The first-order valence-corrected chi connectivity index (χ1v) is 10.4. The Morgan fingerprint density at radius 3 is 2.92 bits per heavy atom. The van der Waals surface area contributed by atoms with E-state index in [-0.39, 0.29) is 11.8 Å². The zero-order chi connectivity index (χ0) is 17.5. The predicted molar refractivity (Wildman–Crippen MR) is 101 cm³/mol. The van der Waals surface area contributed by atoms with Crippen molar-refractivity contribution in [2.24, 2.45) is 11.8 Å². The second kappa shape index (κ2) is 9.13. The maximum absolute atomic E-state index is 12.4. The van der Waals surface area contributed by atoms with Gasteiger partial charge in [0.05, 0.1) is 5.69 Å². The van der Waals surface area contributed by atoms with Gasteiger partial charge in [0.1, 0.15) is 0 Å². The largest absolute Gasteiger partial charge is 0.355 e. The molecule has 3 rings (SSSR count). The molecule has 0 unspecified atom stereocenters. The molecule has 0 spiro atoms. The maximum atomic E-state index is 12.4. The third-order valence-corrected chi connectivity index (χ3v) is 5.98. The molecule has 25 heavy (non-hydrogen) atoms. The van der Waals surface area contributed by atoms with Gasteiger partial charge in [-0.1, -0.05) is 26.2 Å². The Hall–Kier alpha value is -1.69. The maximum Gasteiger partial charge on any atom is 0.223 e. The molecular weight excluding hydrogens is 332 g/mol. The average Bonchev–Trinajstić information content (AvgIpc) is 3.31. The van der Waals surface area contributed by atoms with Gasteiger partial charge >= 0.3 is 0 Å². The highest BCUT2D eigenvalue weighted by Crippen LogP contribution is 2.31. The number of carbonyl (C=O) groups is 1. The normalized spacial score (nSPS) is 20.5. The number of rotatable bonds is 8. The summed E-state index contributed by atoms with van der Waals surface area (Å²) in [7, 11) is 0. The van der Waals surface area contributed by atoms with Crippen LogP contribution in [0.3, 0.4) is 0 Å². The molecule has 1 amide bonds. The van der Waals surface area contributed by atoms with Crippen LogP contribution in [0.15, 0.2) is 23.8 Å². The third kappa shape index (κ3) is 5.14. The van der Waals surface area contributed by atoms with Gasteiger partial charge < -0.3 is 5.32 Å². The molecule has 0 radical (unpaired) electrons. The number of thiazole rings is 1. The fourth-order valence-corrected chi connectivity index (χ4v) is 4.36. The first kappa shape index (κ1) is 18.1. The fourth-order valence-electron chi connectivity index (χ4n) is 3.56. The molecule has 1 saturated carbocycles. The van der Waals surface area contributed by atoms with Crippen LogP contribution in [0.25, 0.3) is 5.13 Å². The molecule has 2 heterocycles. The lowest BCUT2D eigenvalue weighted by Crippen LogP contribution is -2.34. The molecule has 0 aromatic carbocycles. The van der Waals surface area contributed by atoms with Crippen LogP contribution in [0, 0.1) is 11.8 Å². The van der Waals surface area contributed by atoms with E-state index in [0.717, 1.165) is 36.0 Å². The second-order valence-electron chi connectivity index (χ2n) is 6.97. The lowest BCUT2D eigenvalue weighted by molar-refractivity contribution is -0.126. The van der Waals surface area contributed by atoms with Crippen molar-refractivity contribution >= 4 is 17.2 Å². The molecule has 1 fully saturated rings. The SMILES string of the molecule is CCCCC1CCC(C(=O)NCCc2csc(-n3cccn3)n2)CC1. The molecule has 1 N–H and O–H groups in total. The lowest BCUT2D eigenvalue weighted by atomic mass is 9.79. The quantitative estimate of drug-likeness (QED) is 0.774. The Morgan fingerprint density at radius 1 is 1.36 bits per heavy atom. The molecule has 6 heteroatoms. The van der Waals surface area contributed by atoms with Crippen molar-refractivity contribution in [1.82, 2.24) is 20.1 Å². The first-order chi connectivity index (χ1) is 12.3. The molecule has 0 bridgehead atoms. The van der Waals surface area contributed by atoms with Gasteiger partial charge in [-0.3, -0.25) is 4.79 Å². The minimum Gasteiger partial charge on any atom is -0.355 e. The van der Waals surface area contributed by atoms with Crippen molar-refractivity contribution in [3.8, 4) is 5.13 Å². The van der Waals surface area contributed by atoms with E-state index in [0.29, 0.717) is 6.54 Å². The smallest absolute Gasteiger partial charge is 0.223 e. The summed E-state index contributed by atoms with van der Waals surface area (Å²) in [6, 6.07) is 1.89. The summed E-state index contributed by atoms with van der Waals surface area (Å²) in [6.07, 6.45) is 12.9. The standard InChI is InChI=1S/C19H28N4OS/c1-2-3-5-15-6-8-16(9-7-15)18(24)20-12-10-17-14-25-19(22-17)23-13-4-11-21-23/h4,11,13-16H,2-3,5-10,12H2,1H3,(H,20,24). The highest BCUT2D eigenvalue weighted by atomic mass is 32.1. The topological polar surface area (TPSA) is 59.8 Å². The summed E-state index contributed by atoms with van der Waals surface area (Å²) >= 11 is 1.58. The number of nitrogens with zero attached hydrogens (tertiary/aromatic N) is 3. The Bertz CT molecular complexity index is 644. The summed E-state index contributed by atoms with van der Waals surface area (Å²) < 4.78 is 1.77. The van der Waals surface area contributed by atoms with Crippen LogP contribution in [0.2, 0.25) is 0 Å². The molecule has 0 aliphatic heterocycles. The molecule has 5 nitrogen and oxygen atoms in total. The molecule has 2 aromatic rings. The Labute approximate surface area is 153 Å². The lowest BCUT2D eigenvalue weighted by Gasteiger charge is -2.27. The molecular formula is C19H28N4OS. The third-order valence-electron chi connectivity index (χ3n) is 5.10. The summed E-state index contributed by atoms with van der Waals surface area (Å²) in [5, 5.41) is 10.2. The Morgan fingerprint density at radius 2 is 2.20 bits per heavy atom. The number of aromatic nitrogens is 3. The zero-order valence-electron chi connectivity index (χ0n) is 15.0. The highest BCUT2D eigenvalue weighted by Gasteiger charge is 2.25. The Balaban J connectivity index is 1.37. The van der Waals surface area contributed by atoms with E-state index in [1.165, 1.54) is 32.1 Å². The summed E-state index contributed by atoms with van der Waals surface area (Å²) in [5.41, 5.74) is 1.01. The van der Waals surface area contributed by atoms with Crippen LogP contribution in [-0.2, 0) is 11.2 Å². The molecule has 0 saturated heterocycles. The van der Waals surface area contributed by atoms with Crippen molar-refractivity contribution in [1.29, 1.82) is 0 Å². The van der Waals surface area contributed by atoms with E-state index in [1.54, 1.807) is 22.2 Å². The number of hydrogen-bond donors (Lipinski definition) is 1. The van der Waals surface area contributed by atoms with Crippen LogP contribution < -0.4 is 5.32 Å². The van der Waals surface area contributed by atoms with Crippen LogP contribution in [0.1, 0.15) is 57.6 Å². The van der Waals surface area contributed by atoms with Gasteiger partial charge in [0.25, 0.3) is 0 Å². The number of hydrogen-bond acceptors (Lipinski definition) is 4. The average molecular weight is 361 g/mol. The minimum absolute atomic E-state index is 0.216. The van der Waals surface area contributed by atoms with E-state index < -0.39 is 0 Å². The van der Waals surface area contributed by atoms with E-state index in [4.69, 9.17) is 0 Å². The van der Waals surface area contributed by atoms with Gasteiger partial charge in [0, 0.05) is 36.7 Å². The van der Waals surface area contributed by atoms with Gasteiger partial charge in [-0.15, -0.1) is 11.3 Å². The van der Waals surface area contributed by atoms with Gasteiger partial charge in [0.2, 0.25) is 11.0 Å². The van der Waals surface area contributed by atoms with E-state index in [1.807, 2.05) is 17.6 Å². The molecule has 136 valence electrons. The number of unbranched alkanes of at least 4 members (excludes halogenated alkanes) is 1. The van der Waals surface area contributed by atoms with E-state index in [9.17, 15) is 4.79 Å². The number of amides is 1. The van der Waals surface area contributed by atoms with Gasteiger partial charge in [-0.05, 0) is 37.7 Å². The highest BCUT2D eigenvalue weighted by molar-refractivity contribution is 7.12. The first-order valence-electron chi connectivity index (χ1n) is 9.48.